The molecule has 1 aliphatic heterocycles. The molecular formula is C25H40NO5W-. The van der Waals surface area contributed by atoms with Crippen LogP contribution in [0.1, 0.15) is 52.5 Å². The SMILES string of the molecule is COCCCOc1cc(C[C@@H](C[C@H]([NH-])[C@@H]2C[C@@H](C(C)C)C(=O)O2)C(C)C)ccc1OC.[W]. The summed E-state index contributed by atoms with van der Waals surface area (Å²) in [5.74, 6) is 2.24. The van der Waals surface area contributed by atoms with Gasteiger partial charge in [-0.3, -0.25) is 4.79 Å². The van der Waals surface area contributed by atoms with E-state index in [1.165, 1.54) is 0 Å². The number of hydrogen-bond donors (Lipinski definition) is 0. The zero-order valence-electron chi connectivity index (χ0n) is 20.4. The number of methoxy groups -OCH3 is 2. The Labute approximate surface area is 208 Å². The molecule has 0 aliphatic carbocycles. The quantitative estimate of drug-likeness (QED) is 0.221. The summed E-state index contributed by atoms with van der Waals surface area (Å²) in [4.78, 5) is 12.1. The van der Waals surface area contributed by atoms with E-state index in [9.17, 15) is 4.79 Å². The van der Waals surface area contributed by atoms with Gasteiger partial charge in [-0.25, -0.2) is 0 Å². The van der Waals surface area contributed by atoms with Crippen LogP contribution in [0.15, 0.2) is 18.2 Å². The second-order valence-corrected chi connectivity index (χ2v) is 9.29. The summed E-state index contributed by atoms with van der Waals surface area (Å²) in [7, 11) is 3.33. The standard InChI is InChI=1S/C25H40NO5.W/c1-16(2)19(14-21(26)23-15-20(17(3)4)25(27)31-23)12-18-8-9-22(29-6)24(13-18)30-11-7-10-28-5;/h8-9,13,16-17,19-21,23,26H,7,10-12,14-15H2,1-6H3;/q-1;/t19-,20-,21-,23-;/m0./s1. The molecular weight excluding hydrogens is 578 g/mol. The Morgan fingerprint density at radius 2 is 1.84 bits per heavy atom. The van der Waals surface area contributed by atoms with E-state index in [-0.39, 0.29) is 45.0 Å². The molecule has 6 nitrogen and oxygen atoms in total. The van der Waals surface area contributed by atoms with E-state index in [1.54, 1.807) is 14.2 Å². The maximum Gasteiger partial charge on any atom is 0.309 e. The molecule has 32 heavy (non-hydrogen) atoms. The predicted octanol–water partition coefficient (Wildman–Crippen LogP) is 5.32. The molecule has 4 atom stereocenters. The van der Waals surface area contributed by atoms with Crippen molar-refractivity contribution in [2.24, 2.45) is 23.7 Å². The molecule has 2 rings (SSSR count). The van der Waals surface area contributed by atoms with Gasteiger partial charge in [-0.05, 0) is 48.3 Å². The van der Waals surface area contributed by atoms with Crippen LogP contribution in [0.5, 0.6) is 11.5 Å². The van der Waals surface area contributed by atoms with E-state index in [0.717, 1.165) is 29.9 Å². The molecule has 7 heteroatoms. The molecule has 1 heterocycles. The minimum atomic E-state index is -0.400. The molecule has 0 aromatic heterocycles. The first kappa shape index (κ1) is 28.9. The van der Waals surface area contributed by atoms with Crippen LogP contribution in [0.4, 0.5) is 0 Å². The van der Waals surface area contributed by atoms with E-state index >= 15 is 0 Å². The Kier molecular flexibility index (Phi) is 12.9. The Balaban J connectivity index is 0.00000512. The fourth-order valence-electron chi connectivity index (χ4n) is 4.14. The van der Waals surface area contributed by atoms with Gasteiger partial charge in [0.2, 0.25) is 0 Å². The van der Waals surface area contributed by atoms with Gasteiger partial charge in [-0.15, -0.1) is 0 Å². The van der Waals surface area contributed by atoms with E-state index in [0.29, 0.717) is 37.9 Å². The molecule has 0 radical (unpaired) electrons. The van der Waals surface area contributed by atoms with Crippen LogP contribution in [-0.2, 0) is 41.8 Å². The Morgan fingerprint density at radius 1 is 1.12 bits per heavy atom. The predicted molar refractivity (Wildman–Crippen MR) is 123 cm³/mol. The second-order valence-electron chi connectivity index (χ2n) is 9.29. The Bertz CT molecular complexity index is 697. The molecule has 1 aromatic rings. The number of hydrogen-bond acceptors (Lipinski definition) is 5. The topological polar surface area (TPSA) is 77.8 Å². The van der Waals surface area contributed by atoms with Gasteiger partial charge in [0, 0.05) is 41.2 Å². The second kappa shape index (κ2) is 14.2. The monoisotopic (exact) mass is 618 g/mol. The van der Waals surface area contributed by atoms with Gasteiger partial charge in [0.05, 0.1) is 25.7 Å². The number of rotatable bonds is 13. The molecule has 1 aliphatic rings. The number of cyclic esters (lactones) is 1. The summed E-state index contributed by atoms with van der Waals surface area (Å²) in [5.41, 5.74) is 9.85. The minimum Gasteiger partial charge on any atom is -0.672 e. The number of carbonyl (C=O) groups is 1. The van der Waals surface area contributed by atoms with Crippen LogP contribution in [-0.4, -0.2) is 45.5 Å². The third-order valence-corrected chi connectivity index (χ3v) is 6.29. The molecule has 0 amide bonds. The molecule has 0 saturated carbocycles. The van der Waals surface area contributed by atoms with E-state index in [2.05, 4.69) is 19.9 Å². The first-order chi connectivity index (χ1) is 14.8. The van der Waals surface area contributed by atoms with Gasteiger partial charge in [0.15, 0.2) is 11.5 Å². The van der Waals surface area contributed by atoms with Crippen molar-refractivity contribution in [3.63, 3.8) is 0 Å². The summed E-state index contributed by atoms with van der Waals surface area (Å²) in [6, 6.07) is 5.66. The number of esters is 1. The van der Waals surface area contributed by atoms with Crippen molar-refractivity contribution in [1.82, 2.24) is 0 Å². The molecule has 1 N–H and O–H groups in total. The van der Waals surface area contributed by atoms with Crippen molar-refractivity contribution < 1.29 is 44.8 Å². The fourth-order valence-corrected chi connectivity index (χ4v) is 4.14. The van der Waals surface area contributed by atoms with Crippen molar-refractivity contribution in [3.05, 3.63) is 29.5 Å². The Hall–Kier alpha value is -1.10. The van der Waals surface area contributed by atoms with Crippen molar-refractivity contribution in [2.75, 3.05) is 27.4 Å². The average Bonchev–Trinajstić information content (AvgIpc) is 3.13. The van der Waals surface area contributed by atoms with E-state index < -0.39 is 6.04 Å². The van der Waals surface area contributed by atoms with E-state index in [1.807, 2.05) is 26.0 Å². The molecule has 1 saturated heterocycles. The van der Waals surface area contributed by atoms with Crippen molar-refractivity contribution in [3.8, 4) is 11.5 Å². The van der Waals surface area contributed by atoms with Gasteiger partial charge in [-0.2, -0.15) is 0 Å². The summed E-state index contributed by atoms with van der Waals surface area (Å²) >= 11 is 0. The molecule has 0 unspecified atom stereocenters. The number of ether oxygens (including phenoxy) is 4. The van der Waals surface area contributed by atoms with Crippen LogP contribution in [0.3, 0.4) is 0 Å². The van der Waals surface area contributed by atoms with Gasteiger partial charge in [0.25, 0.3) is 0 Å². The van der Waals surface area contributed by atoms with Gasteiger partial charge in [-0.1, -0.05) is 46.2 Å². The van der Waals surface area contributed by atoms with Crippen LogP contribution in [0, 0.1) is 23.7 Å². The zero-order valence-corrected chi connectivity index (χ0v) is 23.3. The van der Waals surface area contributed by atoms with Crippen LogP contribution < -0.4 is 9.47 Å². The number of benzene rings is 1. The van der Waals surface area contributed by atoms with E-state index in [4.69, 9.17) is 24.7 Å². The first-order valence-corrected chi connectivity index (χ1v) is 11.5. The third-order valence-electron chi connectivity index (χ3n) is 6.29. The normalized spacial score (nSPS) is 20.1. The van der Waals surface area contributed by atoms with Crippen molar-refractivity contribution >= 4 is 5.97 Å². The maximum atomic E-state index is 12.1. The summed E-state index contributed by atoms with van der Waals surface area (Å²) in [6.45, 7) is 9.71. The molecule has 0 bridgehead atoms. The Morgan fingerprint density at radius 3 is 2.41 bits per heavy atom. The minimum absolute atomic E-state index is 0. The maximum absolute atomic E-state index is 12.1. The molecule has 1 aromatic carbocycles. The molecule has 0 spiro atoms. The van der Waals surface area contributed by atoms with Crippen LogP contribution >= 0.6 is 0 Å². The van der Waals surface area contributed by atoms with Crippen LogP contribution in [0.25, 0.3) is 5.73 Å². The number of carbonyl (C=O) groups excluding carboxylic acids is 1. The third kappa shape index (κ3) is 8.35. The zero-order chi connectivity index (χ0) is 23.0. The number of nitrogens with one attached hydrogen (secondary N) is 1. The molecule has 1 fully saturated rings. The fraction of sp³-hybridized carbons (Fsp3) is 0.720. The van der Waals surface area contributed by atoms with Gasteiger partial charge in [0.1, 0.15) is 0 Å². The van der Waals surface area contributed by atoms with Gasteiger partial charge < -0.3 is 24.7 Å². The van der Waals surface area contributed by atoms with Crippen molar-refractivity contribution in [2.45, 2.75) is 65.5 Å². The average molecular weight is 618 g/mol. The smallest absolute Gasteiger partial charge is 0.309 e. The molecule has 182 valence electrons. The van der Waals surface area contributed by atoms with Crippen LogP contribution in [0.2, 0.25) is 0 Å². The summed E-state index contributed by atoms with van der Waals surface area (Å²) < 4.78 is 22.0. The largest absolute Gasteiger partial charge is 0.672 e. The van der Waals surface area contributed by atoms with Crippen molar-refractivity contribution in [1.29, 1.82) is 0 Å². The van der Waals surface area contributed by atoms with Gasteiger partial charge >= 0.3 is 5.97 Å². The summed E-state index contributed by atoms with van der Waals surface area (Å²) in [5, 5.41) is 0. The first-order valence-electron chi connectivity index (χ1n) is 11.5. The summed E-state index contributed by atoms with van der Waals surface area (Å²) in [6.07, 6.45) is 2.74.